The quantitative estimate of drug-likeness (QED) is 0.567. The third-order valence-electron chi connectivity index (χ3n) is 3.26. The number of benzene rings is 1. The summed E-state index contributed by atoms with van der Waals surface area (Å²) in [6.07, 6.45) is 0. The summed E-state index contributed by atoms with van der Waals surface area (Å²) in [5.74, 6) is -0.0510. The SMILES string of the molecule is COc1cc(Cl)nc(NC(=O)NS(=O)(=O)c2ccccc2-c2nnn(C)n2)n1. The number of amides is 2. The van der Waals surface area contributed by atoms with Crippen LogP contribution in [0.2, 0.25) is 5.15 Å². The van der Waals surface area contributed by atoms with E-state index in [-0.39, 0.29) is 33.3 Å². The van der Waals surface area contributed by atoms with Crippen LogP contribution >= 0.6 is 11.6 Å². The molecule has 0 aliphatic carbocycles. The molecular formula is C14H13ClN8O4S. The summed E-state index contributed by atoms with van der Waals surface area (Å²) >= 11 is 5.79. The minimum Gasteiger partial charge on any atom is -0.481 e. The molecule has 0 aliphatic rings. The molecule has 12 nitrogen and oxygen atoms in total. The van der Waals surface area contributed by atoms with Gasteiger partial charge in [0.1, 0.15) is 5.15 Å². The Morgan fingerprint density at radius 1 is 1.25 bits per heavy atom. The highest BCUT2D eigenvalue weighted by Gasteiger charge is 2.24. The van der Waals surface area contributed by atoms with Crippen LogP contribution in [0.25, 0.3) is 11.4 Å². The third kappa shape index (κ3) is 4.32. The molecule has 0 aliphatic heterocycles. The van der Waals surface area contributed by atoms with Gasteiger partial charge in [-0.2, -0.15) is 9.78 Å². The minimum absolute atomic E-state index is 0.00378. The highest BCUT2D eigenvalue weighted by molar-refractivity contribution is 7.90. The molecular weight excluding hydrogens is 412 g/mol. The van der Waals surface area contributed by atoms with Gasteiger partial charge in [0.25, 0.3) is 10.0 Å². The van der Waals surface area contributed by atoms with Gasteiger partial charge in [-0.05, 0) is 17.3 Å². The molecule has 1 aromatic carbocycles. The van der Waals surface area contributed by atoms with Gasteiger partial charge in [0.15, 0.2) is 0 Å². The molecule has 0 radical (unpaired) electrons. The number of ether oxygens (including phenoxy) is 1. The van der Waals surface area contributed by atoms with E-state index in [9.17, 15) is 13.2 Å². The topological polar surface area (TPSA) is 154 Å². The molecule has 146 valence electrons. The van der Waals surface area contributed by atoms with E-state index in [1.165, 1.54) is 36.2 Å². The van der Waals surface area contributed by atoms with E-state index < -0.39 is 16.1 Å². The molecule has 3 rings (SSSR count). The second kappa shape index (κ2) is 7.74. The standard InChI is InChI=1S/C14H13ClN8O4S/c1-23-20-12(19-22-23)8-5-3-4-6-9(8)28(25,26)21-14(24)18-13-16-10(15)7-11(17-13)27-2/h3-7H,1-2H3,(H2,16,17,18,21,24). The number of carbonyl (C=O) groups is 1. The predicted octanol–water partition coefficient (Wildman–Crippen LogP) is 0.839. The smallest absolute Gasteiger partial charge is 0.335 e. The summed E-state index contributed by atoms with van der Waals surface area (Å²) < 4.78 is 32.1. The van der Waals surface area contributed by atoms with Crippen LogP contribution in [-0.4, -0.2) is 51.7 Å². The summed E-state index contributed by atoms with van der Waals surface area (Å²) in [7, 11) is -1.38. The third-order valence-corrected chi connectivity index (χ3v) is 4.84. The molecule has 0 unspecified atom stereocenters. The average molecular weight is 425 g/mol. The Hall–Kier alpha value is -3.32. The Balaban J connectivity index is 1.85. The van der Waals surface area contributed by atoms with Crippen molar-refractivity contribution in [3.05, 3.63) is 35.5 Å². The van der Waals surface area contributed by atoms with Crippen molar-refractivity contribution >= 4 is 33.6 Å². The molecule has 0 bridgehead atoms. The van der Waals surface area contributed by atoms with Crippen LogP contribution in [0.5, 0.6) is 5.88 Å². The number of urea groups is 1. The summed E-state index contributed by atoms with van der Waals surface area (Å²) in [6, 6.07) is 6.14. The van der Waals surface area contributed by atoms with Gasteiger partial charge in [-0.3, -0.25) is 5.32 Å². The fourth-order valence-corrected chi connectivity index (χ4v) is 3.42. The lowest BCUT2D eigenvalue weighted by Crippen LogP contribution is -2.35. The molecule has 0 atom stereocenters. The number of hydrogen-bond acceptors (Lipinski definition) is 9. The fourth-order valence-electron chi connectivity index (χ4n) is 2.14. The lowest BCUT2D eigenvalue weighted by molar-refractivity contribution is 0.256. The van der Waals surface area contributed by atoms with E-state index in [0.29, 0.717) is 0 Å². The predicted molar refractivity (Wildman–Crippen MR) is 97.2 cm³/mol. The van der Waals surface area contributed by atoms with Crippen LogP contribution in [0.4, 0.5) is 10.7 Å². The number of aromatic nitrogens is 6. The monoisotopic (exact) mass is 424 g/mol. The molecule has 2 amide bonds. The van der Waals surface area contributed by atoms with Gasteiger partial charge in [-0.1, -0.05) is 23.7 Å². The van der Waals surface area contributed by atoms with E-state index in [1.54, 1.807) is 13.1 Å². The van der Waals surface area contributed by atoms with E-state index >= 15 is 0 Å². The number of hydrogen-bond donors (Lipinski definition) is 2. The van der Waals surface area contributed by atoms with Crippen molar-refractivity contribution in [1.29, 1.82) is 0 Å². The summed E-state index contributed by atoms with van der Waals surface area (Å²) in [5, 5.41) is 13.6. The molecule has 2 N–H and O–H groups in total. The van der Waals surface area contributed by atoms with Crippen molar-refractivity contribution in [3.63, 3.8) is 0 Å². The molecule has 14 heteroatoms. The van der Waals surface area contributed by atoms with E-state index in [4.69, 9.17) is 16.3 Å². The lowest BCUT2D eigenvalue weighted by Gasteiger charge is -2.10. The first-order valence-corrected chi connectivity index (χ1v) is 9.40. The Morgan fingerprint density at radius 2 is 2.00 bits per heavy atom. The van der Waals surface area contributed by atoms with Gasteiger partial charge in [-0.25, -0.2) is 22.9 Å². The van der Waals surface area contributed by atoms with Crippen molar-refractivity contribution in [3.8, 4) is 17.3 Å². The van der Waals surface area contributed by atoms with Gasteiger partial charge in [0.05, 0.1) is 19.1 Å². The Kier molecular flexibility index (Phi) is 5.37. The summed E-state index contributed by atoms with van der Waals surface area (Å²) in [5.41, 5.74) is 0.177. The van der Waals surface area contributed by atoms with Crippen molar-refractivity contribution in [2.24, 2.45) is 7.05 Å². The van der Waals surface area contributed by atoms with Gasteiger partial charge in [-0.15, -0.1) is 10.2 Å². The Labute approximate surface area is 164 Å². The molecule has 2 heterocycles. The molecule has 0 saturated carbocycles. The van der Waals surface area contributed by atoms with Gasteiger partial charge in [0.2, 0.25) is 17.7 Å². The summed E-state index contributed by atoms with van der Waals surface area (Å²) in [4.78, 5) is 20.7. The highest BCUT2D eigenvalue weighted by Crippen LogP contribution is 2.23. The maximum Gasteiger partial charge on any atom is 0.335 e. The van der Waals surface area contributed by atoms with Crippen LogP contribution in [0.15, 0.2) is 35.2 Å². The molecule has 28 heavy (non-hydrogen) atoms. The minimum atomic E-state index is -4.27. The number of nitrogens with zero attached hydrogens (tertiary/aromatic N) is 6. The van der Waals surface area contributed by atoms with E-state index in [1.807, 2.05) is 4.72 Å². The zero-order valence-electron chi connectivity index (χ0n) is 14.5. The maximum atomic E-state index is 12.7. The number of nitrogens with one attached hydrogen (secondary N) is 2. The largest absolute Gasteiger partial charge is 0.481 e. The number of halogens is 1. The zero-order chi connectivity index (χ0) is 20.3. The molecule has 0 saturated heterocycles. The lowest BCUT2D eigenvalue weighted by atomic mass is 10.2. The van der Waals surface area contributed by atoms with Crippen molar-refractivity contribution in [2.45, 2.75) is 4.90 Å². The molecule has 3 aromatic rings. The first-order valence-electron chi connectivity index (χ1n) is 7.54. The van der Waals surface area contributed by atoms with Gasteiger partial charge < -0.3 is 4.74 Å². The zero-order valence-corrected chi connectivity index (χ0v) is 16.1. The van der Waals surface area contributed by atoms with Crippen molar-refractivity contribution in [1.82, 2.24) is 34.9 Å². The van der Waals surface area contributed by atoms with E-state index in [0.717, 1.165) is 0 Å². The number of anilines is 1. The number of tetrazole rings is 1. The second-order valence-electron chi connectivity index (χ2n) is 5.21. The van der Waals surface area contributed by atoms with Gasteiger partial charge in [0, 0.05) is 11.6 Å². The number of aryl methyl sites for hydroxylation is 1. The Morgan fingerprint density at radius 3 is 2.68 bits per heavy atom. The second-order valence-corrected chi connectivity index (χ2v) is 7.25. The Bertz CT molecular complexity index is 1130. The van der Waals surface area contributed by atoms with E-state index in [2.05, 4.69) is 30.7 Å². The number of methoxy groups -OCH3 is 1. The van der Waals surface area contributed by atoms with Crippen LogP contribution in [-0.2, 0) is 17.1 Å². The normalized spacial score (nSPS) is 11.1. The maximum absolute atomic E-state index is 12.7. The fraction of sp³-hybridized carbons (Fsp3) is 0.143. The highest BCUT2D eigenvalue weighted by atomic mass is 35.5. The van der Waals surface area contributed by atoms with Gasteiger partial charge >= 0.3 is 6.03 Å². The number of rotatable bonds is 5. The van der Waals surface area contributed by atoms with Crippen molar-refractivity contribution in [2.75, 3.05) is 12.4 Å². The first-order chi connectivity index (χ1) is 13.3. The van der Waals surface area contributed by atoms with Crippen LogP contribution in [0.3, 0.4) is 0 Å². The number of sulfonamides is 1. The summed E-state index contributed by atoms with van der Waals surface area (Å²) in [6.45, 7) is 0. The number of carbonyl (C=O) groups excluding carboxylic acids is 1. The van der Waals surface area contributed by atoms with Crippen LogP contribution in [0, 0.1) is 0 Å². The molecule has 0 spiro atoms. The van der Waals surface area contributed by atoms with Crippen molar-refractivity contribution < 1.29 is 17.9 Å². The first kappa shape index (κ1) is 19.4. The molecule has 0 fully saturated rings. The average Bonchev–Trinajstić information content (AvgIpc) is 3.07. The van der Waals surface area contributed by atoms with Crippen LogP contribution in [0.1, 0.15) is 0 Å². The van der Waals surface area contributed by atoms with Crippen LogP contribution < -0.4 is 14.8 Å². The molecule has 2 aromatic heterocycles.